The van der Waals surface area contributed by atoms with Gasteiger partial charge in [0.05, 0.1) is 34.8 Å². The van der Waals surface area contributed by atoms with Crippen molar-refractivity contribution in [1.29, 1.82) is 0 Å². The Morgan fingerprint density at radius 2 is 2.00 bits per heavy atom. The second-order valence-corrected chi connectivity index (χ2v) is 13.1. The van der Waals surface area contributed by atoms with Gasteiger partial charge < -0.3 is 19.5 Å². The second-order valence-electron chi connectivity index (χ2n) is 12.0. The van der Waals surface area contributed by atoms with E-state index in [1.165, 1.54) is 24.6 Å². The largest absolute Gasteiger partial charge is 0.481 e. The number of anilines is 2. The molecule has 11 heteroatoms. The Morgan fingerprint density at radius 3 is 2.80 bits per heavy atom. The van der Waals surface area contributed by atoms with Crippen molar-refractivity contribution < 1.29 is 13.5 Å². The summed E-state index contributed by atoms with van der Waals surface area (Å²) in [6, 6.07) is 9.28. The maximum Gasteiger partial charge on any atom is 0.213 e. The molecule has 44 heavy (non-hydrogen) atoms. The first-order chi connectivity index (χ1) is 21.5. The topological polar surface area (TPSA) is 75.5 Å². The lowest BCUT2D eigenvalue weighted by Crippen LogP contribution is -2.48. The van der Waals surface area contributed by atoms with Crippen molar-refractivity contribution in [2.75, 3.05) is 42.7 Å². The van der Waals surface area contributed by atoms with Crippen LogP contribution in [0.4, 0.5) is 20.3 Å². The molecule has 1 saturated carbocycles. The summed E-state index contributed by atoms with van der Waals surface area (Å²) in [5, 5.41) is 3.68. The van der Waals surface area contributed by atoms with Gasteiger partial charge in [-0.15, -0.1) is 11.8 Å². The van der Waals surface area contributed by atoms with E-state index in [1.807, 2.05) is 29.1 Å². The number of ether oxygens (including phenoxy) is 1. The molecular weight excluding hydrogens is 582 g/mol. The molecular formula is C33H36F2N6O2S. The molecule has 0 radical (unpaired) electrons. The van der Waals surface area contributed by atoms with Gasteiger partial charge >= 0.3 is 0 Å². The highest BCUT2D eigenvalue weighted by atomic mass is 32.2. The number of methoxy groups -OCH3 is 1. The summed E-state index contributed by atoms with van der Waals surface area (Å²) in [6.07, 6.45) is 10.1. The molecule has 1 atom stereocenters. The standard InChI is InChI=1S/C33H36F2N6O2S/c1-43-29-13-22(8-9-36-29)17-41(19-23-18-40-11-12-44-33-30(35)27(34)14-26(31(33)40)32(23)42)25-3-2-10-39(20-25)24-6-7-28(38-16-24)37-15-21-4-5-21/h6-9,13-14,16,18,21,25H,2-5,10-12,15,17,19-20H2,1H3,(H,37,38)/t25-/m0/s1. The van der Waals surface area contributed by atoms with Gasteiger partial charge in [0, 0.05) is 75.1 Å². The number of nitrogens with zero attached hydrogens (tertiary/aromatic N) is 5. The van der Waals surface area contributed by atoms with Crippen LogP contribution in [-0.4, -0.2) is 58.0 Å². The van der Waals surface area contributed by atoms with Gasteiger partial charge in [0.25, 0.3) is 0 Å². The van der Waals surface area contributed by atoms with Crippen molar-refractivity contribution in [2.45, 2.75) is 56.3 Å². The smallest absolute Gasteiger partial charge is 0.213 e. The first kappa shape index (κ1) is 29.0. The number of benzene rings is 1. The van der Waals surface area contributed by atoms with E-state index < -0.39 is 11.6 Å². The SMILES string of the molecule is COc1cc(CN(Cc2cn3c4c(c(F)c(F)cc4c2=O)SCC3)[C@H]2CCCN(c3ccc(NCC4CC4)nc3)C2)ccn1. The average Bonchev–Trinajstić information content (AvgIpc) is 3.89. The summed E-state index contributed by atoms with van der Waals surface area (Å²) in [5.74, 6) is 0.981. The van der Waals surface area contributed by atoms with Crippen LogP contribution in [0.2, 0.25) is 0 Å². The third-order valence-electron chi connectivity index (χ3n) is 8.93. The van der Waals surface area contributed by atoms with Gasteiger partial charge in [0.15, 0.2) is 17.1 Å². The van der Waals surface area contributed by atoms with Crippen LogP contribution in [0, 0.1) is 17.6 Å². The minimum absolute atomic E-state index is 0.142. The first-order valence-corrected chi connectivity index (χ1v) is 16.3. The molecule has 4 aromatic rings. The molecule has 3 aliphatic rings. The zero-order chi connectivity index (χ0) is 30.2. The first-order valence-electron chi connectivity index (χ1n) is 15.3. The average molecular weight is 619 g/mol. The minimum atomic E-state index is -0.978. The van der Waals surface area contributed by atoms with Crippen LogP contribution in [0.3, 0.4) is 0 Å². The molecule has 0 bridgehead atoms. The van der Waals surface area contributed by atoms with Gasteiger partial charge in [-0.3, -0.25) is 9.69 Å². The van der Waals surface area contributed by atoms with Crippen molar-refractivity contribution in [3.05, 3.63) is 81.9 Å². The summed E-state index contributed by atoms with van der Waals surface area (Å²) < 4.78 is 36.6. The van der Waals surface area contributed by atoms with E-state index in [0.717, 1.165) is 61.5 Å². The number of thioether (sulfide) groups is 1. The third-order valence-corrected chi connectivity index (χ3v) is 9.97. The number of hydrogen-bond acceptors (Lipinski definition) is 8. The van der Waals surface area contributed by atoms with E-state index in [1.54, 1.807) is 13.3 Å². The van der Waals surface area contributed by atoms with E-state index in [-0.39, 0.29) is 21.8 Å². The molecule has 2 aliphatic heterocycles. The summed E-state index contributed by atoms with van der Waals surface area (Å²) >= 11 is 1.27. The Labute approximate surface area is 259 Å². The van der Waals surface area contributed by atoms with Crippen LogP contribution in [0.15, 0.2) is 58.6 Å². The van der Waals surface area contributed by atoms with Crippen molar-refractivity contribution in [3.8, 4) is 5.88 Å². The van der Waals surface area contributed by atoms with Gasteiger partial charge in [0.2, 0.25) is 5.88 Å². The lowest BCUT2D eigenvalue weighted by Gasteiger charge is -2.40. The van der Waals surface area contributed by atoms with Gasteiger partial charge in [-0.2, -0.15) is 0 Å². The van der Waals surface area contributed by atoms with Crippen molar-refractivity contribution >= 4 is 34.2 Å². The molecule has 2 fully saturated rings. The summed E-state index contributed by atoms with van der Waals surface area (Å²) in [4.78, 5) is 27.7. The van der Waals surface area contributed by atoms with E-state index in [9.17, 15) is 13.6 Å². The van der Waals surface area contributed by atoms with Crippen LogP contribution >= 0.6 is 11.8 Å². The number of nitrogens with one attached hydrogen (secondary N) is 1. The number of aryl methyl sites for hydroxylation is 1. The van der Waals surface area contributed by atoms with Crippen LogP contribution < -0.4 is 20.4 Å². The van der Waals surface area contributed by atoms with E-state index in [2.05, 4.69) is 37.2 Å². The normalized spacial score (nSPS) is 18.2. The van der Waals surface area contributed by atoms with Crippen LogP contribution in [0.1, 0.15) is 36.8 Å². The quantitative estimate of drug-likeness (QED) is 0.244. The molecule has 1 N–H and O–H groups in total. The molecule has 1 aliphatic carbocycles. The van der Waals surface area contributed by atoms with Gasteiger partial charge in [-0.1, -0.05) is 0 Å². The lowest BCUT2D eigenvalue weighted by atomic mass is 10.0. The van der Waals surface area contributed by atoms with Gasteiger partial charge in [0.1, 0.15) is 5.82 Å². The van der Waals surface area contributed by atoms with Gasteiger partial charge in [-0.25, -0.2) is 18.7 Å². The van der Waals surface area contributed by atoms with E-state index >= 15 is 0 Å². The molecule has 0 unspecified atom stereocenters. The Balaban J connectivity index is 1.19. The Morgan fingerprint density at radius 1 is 1.11 bits per heavy atom. The third kappa shape index (κ3) is 5.99. The molecule has 0 amide bonds. The molecule has 230 valence electrons. The van der Waals surface area contributed by atoms with E-state index in [0.29, 0.717) is 42.3 Å². The monoisotopic (exact) mass is 618 g/mol. The van der Waals surface area contributed by atoms with Crippen molar-refractivity contribution in [1.82, 2.24) is 19.4 Å². The van der Waals surface area contributed by atoms with Crippen molar-refractivity contribution in [2.24, 2.45) is 5.92 Å². The second kappa shape index (κ2) is 12.4. The molecule has 5 heterocycles. The highest BCUT2D eigenvalue weighted by Crippen LogP contribution is 2.35. The van der Waals surface area contributed by atoms with E-state index in [4.69, 9.17) is 4.74 Å². The number of piperidine rings is 1. The highest BCUT2D eigenvalue weighted by Gasteiger charge is 2.29. The zero-order valence-corrected chi connectivity index (χ0v) is 25.6. The van der Waals surface area contributed by atoms with Crippen LogP contribution in [0.5, 0.6) is 5.88 Å². The maximum atomic E-state index is 14.7. The Bertz CT molecular complexity index is 1730. The molecule has 0 spiro atoms. The highest BCUT2D eigenvalue weighted by molar-refractivity contribution is 7.99. The van der Waals surface area contributed by atoms with Crippen molar-refractivity contribution in [3.63, 3.8) is 0 Å². The maximum absolute atomic E-state index is 14.7. The number of halogens is 2. The van der Waals surface area contributed by atoms with Crippen LogP contribution in [0.25, 0.3) is 10.9 Å². The summed E-state index contributed by atoms with van der Waals surface area (Å²) in [5.41, 5.74) is 2.92. The molecule has 8 nitrogen and oxygen atoms in total. The zero-order valence-electron chi connectivity index (χ0n) is 24.8. The molecule has 7 rings (SSSR count). The predicted molar refractivity (Wildman–Crippen MR) is 170 cm³/mol. The number of rotatable bonds is 10. The molecule has 3 aromatic heterocycles. The number of hydrogen-bond donors (Lipinski definition) is 1. The molecule has 1 saturated heterocycles. The summed E-state index contributed by atoms with van der Waals surface area (Å²) in [7, 11) is 1.60. The predicted octanol–water partition coefficient (Wildman–Crippen LogP) is 5.68. The fourth-order valence-corrected chi connectivity index (χ4v) is 7.45. The number of pyridine rings is 3. The number of aromatic nitrogens is 3. The fraction of sp³-hybridized carbons (Fsp3) is 0.424. The van der Waals surface area contributed by atoms with Crippen LogP contribution in [-0.2, 0) is 19.6 Å². The summed E-state index contributed by atoms with van der Waals surface area (Å²) in [6.45, 7) is 4.27. The minimum Gasteiger partial charge on any atom is -0.481 e. The van der Waals surface area contributed by atoms with Gasteiger partial charge in [-0.05, 0) is 61.4 Å². The lowest BCUT2D eigenvalue weighted by molar-refractivity contribution is 0.158. The Kier molecular flexibility index (Phi) is 8.16. The Hall–Kier alpha value is -3.70. The fourth-order valence-electron chi connectivity index (χ4n) is 6.37. The molecule has 1 aromatic carbocycles.